The standard InChI is InChI=1S/C17H31N3O2/c1-17(2,3)22-16(21)20-8-7-12(11-20)18-13-9-14-5-6-15(10-13)19(14)4/h12-15,18H,5-11H2,1-4H3. The van der Waals surface area contributed by atoms with Crippen molar-refractivity contribution in [2.75, 3.05) is 20.1 Å². The summed E-state index contributed by atoms with van der Waals surface area (Å²) < 4.78 is 5.47. The minimum atomic E-state index is -0.407. The van der Waals surface area contributed by atoms with Crippen molar-refractivity contribution in [3.05, 3.63) is 0 Å². The van der Waals surface area contributed by atoms with Crippen LogP contribution in [0.1, 0.15) is 52.9 Å². The molecule has 0 saturated carbocycles. The van der Waals surface area contributed by atoms with Crippen LogP contribution in [0.5, 0.6) is 0 Å². The summed E-state index contributed by atoms with van der Waals surface area (Å²) in [6.07, 6.45) is 6.11. The molecule has 22 heavy (non-hydrogen) atoms. The van der Waals surface area contributed by atoms with Crippen LogP contribution in [0.3, 0.4) is 0 Å². The van der Waals surface area contributed by atoms with E-state index in [1.165, 1.54) is 25.7 Å². The van der Waals surface area contributed by atoms with Gasteiger partial charge < -0.3 is 19.9 Å². The smallest absolute Gasteiger partial charge is 0.410 e. The van der Waals surface area contributed by atoms with Crippen molar-refractivity contribution in [1.29, 1.82) is 0 Å². The van der Waals surface area contributed by atoms with Crippen molar-refractivity contribution in [2.24, 2.45) is 0 Å². The molecule has 0 aliphatic carbocycles. The van der Waals surface area contributed by atoms with E-state index in [-0.39, 0.29) is 6.09 Å². The lowest BCUT2D eigenvalue weighted by Crippen LogP contribution is -2.50. The molecule has 0 aromatic rings. The summed E-state index contributed by atoms with van der Waals surface area (Å²) in [5, 5.41) is 3.81. The van der Waals surface area contributed by atoms with Gasteiger partial charge in [0.25, 0.3) is 0 Å². The number of ether oxygens (including phenoxy) is 1. The summed E-state index contributed by atoms with van der Waals surface area (Å²) in [7, 11) is 2.28. The first-order valence-corrected chi connectivity index (χ1v) is 8.78. The largest absolute Gasteiger partial charge is 0.444 e. The molecular weight excluding hydrogens is 278 g/mol. The number of carbonyl (C=O) groups excluding carboxylic acids is 1. The van der Waals surface area contributed by atoms with E-state index >= 15 is 0 Å². The number of hydrogen-bond donors (Lipinski definition) is 1. The highest BCUT2D eigenvalue weighted by Gasteiger charge is 2.39. The average Bonchev–Trinajstić information content (AvgIpc) is 2.91. The maximum Gasteiger partial charge on any atom is 0.410 e. The average molecular weight is 309 g/mol. The summed E-state index contributed by atoms with van der Waals surface area (Å²) in [4.78, 5) is 16.5. The molecule has 0 spiro atoms. The van der Waals surface area contributed by atoms with Gasteiger partial charge in [-0.2, -0.15) is 0 Å². The predicted octanol–water partition coefficient (Wildman–Crippen LogP) is 2.21. The maximum atomic E-state index is 12.1. The zero-order valence-corrected chi connectivity index (χ0v) is 14.5. The van der Waals surface area contributed by atoms with Gasteiger partial charge in [0.05, 0.1) is 0 Å². The molecule has 0 aromatic heterocycles. The number of piperidine rings is 1. The van der Waals surface area contributed by atoms with E-state index in [0.29, 0.717) is 12.1 Å². The van der Waals surface area contributed by atoms with Gasteiger partial charge in [-0.1, -0.05) is 0 Å². The molecular formula is C17H31N3O2. The minimum absolute atomic E-state index is 0.166. The fourth-order valence-corrected chi connectivity index (χ4v) is 4.27. The molecule has 1 N–H and O–H groups in total. The first kappa shape index (κ1) is 16.1. The van der Waals surface area contributed by atoms with Gasteiger partial charge >= 0.3 is 6.09 Å². The Labute approximate surface area is 134 Å². The fourth-order valence-electron chi connectivity index (χ4n) is 4.27. The second-order valence-corrected chi connectivity index (χ2v) is 8.30. The summed E-state index contributed by atoms with van der Waals surface area (Å²) in [5.74, 6) is 0. The van der Waals surface area contributed by atoms with E-state index < -0.39 is 5.60 Å². The molecule has 3 saturated heterocycles. The third-order valence-electron chi connectivity index (χ3n) is 5.41. The first-order valence-electron chi connectivity index (χ1n) is 8.78. The first-order chi connectivity index (χ1) is 10.3. The van der Waals surface area contributed by atoms with Gasteiger partial charge in [0.15, 0.2) is 0 Å². The van der Waals surface area contributed by atoms with Gasteiger partial charge in [0.1, 0.15) is 5.60 Å². The molecule has 3 aliphatic heterocycles. The molecule has 126 valence electrons. The van der Waals surface area contributed by atoms with Crippen molar-refractivity contribution in [2.45, 2.75) is 82.6 Å². The van der Waals surface area contributed by atoms with Crippen LogP contribution in [0.15, 0.2) is 0 Å². The van der Waals surface area contributed by atoms with Crippen LogP contribution in [0, 0.1) is 0 Å². The number of fused-ring (bicyclic) bond motifs is 2. The van der Waals surface area contributed by atoms with Crippen LogP contribution in [0.2, 0.25) is 0 Å². The number of nitrogens with zero attached hydrogens (tertiary/aromatic N) is 2. The molecule has 3 heterocycles. The number of nitrogens with one attached hydrogen (secondary N) is 1. The van der Waals surface area contributed by atoms with Gasteiger partial charge in [0.2, 0.25) is 0 Å². The Bertz CT molecular complexity index is 407. The van der Waals surface area contributed by atoms with E-state index in [4.69, 9.17) is 4.74 Å². The fraction of sp³-hybridized carbons (Fsp3) is 0.941. The van der Waals surface area contributed by atoms with Gasteiger partial charge in [-0.15, -0.1) is 0 Å². The highest BCUT2D eigenvalue weighted by atomic mass is 16.6. The molecule has 3 unspecified atom stereocenters. The summed E-state index contributed by atoms with van der Waals surface area (Å²) in [5.41, 5.74) is -0.407. The lowest BCUT2D eigenvalue weighted by molar-refractivity contribution is 0.0289. The van der Waals surface area contributed by atoms with Crippen LogP contribution >= 0.6 is 0 Å². The third-order valence-corrected chi connectivity index (χ3v) is 5.41. The number of carbonyl (C=O) groups is 1. The van der Waals surface area contributed by atoms with Crippen LogP contribution in [0.25, 0.3) is 0 Å². The van der Waals surface area contributed by atoms with Crippen molar-refractivity contribution >= 4 is 6.09 Å². The Balaban J connectivity index is 1.47. The van der Waals surface area contributed by atoms with Crippen LogP contribution in [-0.2, 0) is 4.74 Å². The summed E-state index contributed by atoms with van der Waals surface area (Å²) >= 11 is 0. The molecule has 0 radical (unpaired) electrons. The lowest BCUT2D eigenvalue weighted by Gasteiger charge is -2.37. The molecule has 3 rings (SSSR count). The normalized spacial score (nSPS) is 35.9. The number of likely N-dealkylation sites (tertiary alicyclic amines) is 1. The minimum Gasteiger partial charge on any atom is -0.444 e. The Kier molecular flexibility index (Phi) is 4.38. The third kappa shape index (κ3) is 3.57. The van der Waals surface area contributed by atoms with Gasteiger partial charge in [-0.25, -0.2) is 4.79 Å². The van der Waals surface area contributed by atoms with Gasteiger partial charge in [0, 0.05) is 37.3 Å². The van der Waals surface area contributed by atoms with Crippen LogP contribution in [-0.4, -0.2) is 65.8 Å². The van der Waals surface area contributed by atoms with E-state index in [2.05, 4.69) is 17.3 Å². The van der Waals surface area contributed by atoms with Gasteiger partial charge in [-0.05, 0) is 59.9 Å². The Morgan fingerprint density at radius 3 is 2.32 bits per heavy atom. The monoisotopic (exact) mass is 309 g/mol. The van der Waals surface area contributed by atoms with Crippen LogP contribution < -0.4 is 5.32 Å². The molecule has 5 heteroatoms. The maximum absolute atomic E-state index is 12.1. The second-order valence-electron chi connectivity index (χ2n) is 8.30. The number of hydrogen-bond acceptors (Lipinski definition) is 4. The molecule has 3 fully saturated rings. The number of rotatable bonds is 2. The van der Waals surface area contributed by atoms with E-state index in [1.807, 2.05) is 25.7 Å². The van der Waals surface area contributed by atoms with Crippen LogP contribution in [0.4, 0.5) is 4.79 Å². The Morgan fingerprint density at radius 1 is 1.09 bits per heavy atom. The molecule has 5 nitrogen and oxygen atoms in total. The van der Waals surface area contributed by atoms with E-state index in [1.54, 1.807) is 0 Å². The van der Waals surface area contributed by atoms with Crippen molar-refractivity contribution < 1.29 is 9.53 Å². The second kappa shape index (κ2) is 6.00. The van der Waals surface area contributed by atoms with Gasteiger partial charge in [-0.3, -0.25) is 0 Å². The molecule has 2 bridgehead atoms. The highest BCUT2D eigenvalue weighted by molar-refractivity contribution is 5.68. The molecule has 0 aromatic carbocycles. The lowest BCUT2D eigenvalue weighted by atomic mass is 9.97. The zero-order chi connectivity index (χ0) is 15.9. The Morgan fingerprint density at radius 2 is 1.73 bits per heavy atom. The summed E-state index contributed by atoms with van der Waals surface area (Å²) in [6.45, 7) is 7.36. The van der Waals surface area contributed by atoms with E-state index in [9.17, 15) is 4.79 Å². The van der Waals surface area contributed by atoms with Crippen molar-refractivity contribution in [3.8, 4) is 0 Å². The molecule has 3 aliphatic rings. The SMILES string of the molecule is CN1C2CCC1CC(NC1CCN(C(=O)OC(C)(C)C)C1)C2. The van der Waals surface area contributed by atoms with Crippen molar-refractivity contribution in [1.82, 2.24) is 15.1 Å². The zero-order valence-electron chi connectivity index (χ0n) is 14.5. The van der Waals surface area contributed by atoms with E-state index in [0.717, 1.165) is 31.6 Å². The number of amides is 1. The predicted molar refractivity (Wildman–Crippen MR) is 86.9 cm³/mol. The topological polar surface area (TPSA) is 44.8 Å². The molecule has 1 amide bonds. The van der Waals surface area contributed by atoms with Crippen molar-refractivity contribution in [3.63, 3.8) is 0 Å². The Hall–Kier alpha value is -0.810. The highest BCUT2D eigenvalue weighted by Crippen LogP contribution is 2.34. The molecule has 3 atom stereocenters. The summed E-state index contributed by atoms with van der Waals surface area (Å²) in [6, 6.07) is 2.58. The quantitative estimate of drug-likeness (QED) is 0.849.